The van der Waals surface area contributed by atoms with Crippen LogP contribution in [0.5, 0.6) is 0 Å². The Morgan fingerprint density at radius 2 is 2.04 bits per heavy atom. The van der Waals surface area contributed by atoms with Gasteiger partial charge in [-0.2, -0.15) is 11.8 Å². The van der Waals surface area contributed by atoms with Crippen molar-refractivity contribution in [2.45, 2.75) is 69.7 Å². The van der Waals surface area contributed by atoms with E-state index in [-0.39, 0.29) is 24.0 Å². The molecule has 0 amide bonds. The molecule has 0 aromatic carbocycles. The normalized spacial score (nSPS) is 29.2. The predicted octanol–water partition coefficient (Wildman–Crippen LogP) is 3.32. The van der Waals surface area contributed by atoms with E-state index in [0.29, 0.717) is 12.1 Å². The number of piperidine rings is 1. The fraction of sp³-hybridized carbons (Fsp3) is 0.941. The van der Waals surface area contributed by atoms with Gasteiger partial charge in [0.05, 0.1) is 0 Å². The molecule has 0 aromatic heterocycles. The summed E-state index contributed by atoms with van der Waals surface area (Å²) in [6.07, 6.45) is 7.95. The summed E-state index contributed by atoms with van der Waals surface area (Å²) in [6.45, 7) is 7.97. The standard InChI is InChI=1S/C17H34N4S.HI/c1-4-21-11-7-6-8-15(21)13-19-17(18-3)20-14-9-10-16(12-14)22-5-2;/h14-16H,4-13H2,1-3H3,(H2,18,19,20);1H. The lowest BCUT2D eigenvalue weighted by atomic mass is 10.0. The van der Waals surface area contributed by atoms with Crippen LogP contribution in [0.3, 0.4) is 0 Å². The Morgan fingerprint density at radius 1 is 1.22 bits per heavy atom. The van der Waals surface area contributed by atoms with Crippen LogP contribution < -0.4 is 10.6 Å². The molecule has 4 nitrogen and oxygen atoms in total. The highest BCUT2D eigenvalue weighted by molar-refractivity contribution is 14.0. The number of thioether (sulfide) groups is 1. The number of likely N-dealkylation sites (N-methyl/N-ethyl adjacent to an activating group) is 1. The van der Waals surface area contributed by atoms with Crippen LogP contribution in [0.15, 0.2) is 4.99 Å². The number of guanidine groups is 1. The van der Waals surface area contributed by atoms with Gasteiger partial charge >= 0.3 is 0 Å². The van der Waals surface area contributed by atoms with Crippen molar-refractivity contribution >= 4 is 41.7 Å². The molecule has 2 N–H and O–H groups in total. The first-order valence-electron chi connectivity index (χ1n) is 9.09. The zero-order chi connectivity index (χ0) is 15.8. The molecule has 1 heterocycles. The predicted molar refractivity (Wildman–Crippen MR) is 114 cm³/mol. The molecule has 1 aliphatic heterocycles. The Kier molecular flexibility index (Phi) is 10.9. The maximum absolute atomic E-state index is 4.43. The summed E-state index contributed by atoms with van der Waals surface area (Å²) in [5, 5.41) is 8.04. The van der Waals surface area contributed by atoms with E-state index in [0.717, 1.165) is 24.3 Å². The van der Waals surface area contributed by atoms with E-state index in [2.05, 4.69) is 46.1 Å². The van der Waals surface area contributed by atoms with Crippen molar-refractivity contribution in [1.82, 2.24) is 15.5 Å². The molecule has 2 aliphatic rings. The van der Waals surface area contributed by atoms with Gasteiger partial charge in [-0.25, -0.2) is 0 Å². The van der Waals surface area contributed by atoms with Crippen LogP contribution in [0.4, 0.5) is 0 Å². The molecule has 2 rings (SSSR count). The zero-order valence-electron chi connectivity index (χ0n) is 15.0. The van der Waals surface area contributed by atoms with Crippen LogP contribution >= 0.6 is 35.7 Å². The Morgan fingerprint density at radius 3 is 2.74 bits per heavy atom. The topological polar surface area (TPSA) is 39.7 Å². The van der Waals surface area contributed by atoms with Gasteiger partial charge < -0.3 is 10.6 Å². The fourth-order valence-corrected chi connectivity index (χ4v) is 4.91. The van der Waals surface area contributed by atoms with Gasteiger partial charge in [0.15, 0.2) is 5.96 Å². The summed E-state index contributed by atoms with van der Waals surface area (Å²) in [5.41, 5.74) is 0. The molecule has 6 heteroatoms. The molecule has 3 atom stereocenters. The number of likely N-dealkylation sites (tertiary alicyclic amines) is 1. The largest absolute Gasteiger partial charge is 0.355 e. The van der Waals surface area contributed by atoms with Gasteiger partial charge in [0, 0.05) is 30.9 Å². The van der Waals surface area contributed by atoms with Crippen LogP contribution in [0.25, 0.3) is 0 Å². The van der Waals surface area contributed by atoms with E-state index in [9.17, 15) is 0 Å². The van der Waals surface area contributed by atoms with E-state index in [4.69, 9.17) is 0 Å². The molecule has 136 valence electrons. The maximum Gasteiger partial charge on any atom is 0.191 e. The van der Waals surface area contributed by atoms with Crippen molar-refractivity contribution in [2.24, 2.45) is 4.99 Å². The first-order valence-corrected chi connectivity index (χ1v) is 10.1. The van der Waals surface area contributed by atoms with Crippen molar-refractivity contribution in [2.75, 3.05) is 32.4 Å². The summed E-state index contributed by atoms with van der Waals surface area (Å²) >= 11 is 2.11. The third-order valence-corrected chi connectivity index (χ3v) is 6.24. The van der Waals surface area contributed by atoms with Gasteiger partial charge in [0.25, 0.3) is 0 Å². The van der Waals surface area contributed by atoms with E-state index in [1.165, 1.54) is 50.8 Å². The Balaban J connectivity index is 0.00000264. The van der Waals surface area contributed by atoms with Gasteiger partial charge in [0.1, 0.15) is 0 Å². The lowest BCUT2D eigenvalue weighted by Crippen LogP contribution is -2.50. The van der Waals surface area contributed by atoms with E-state index < -0.39 is 0 Å². The average Bonchev–Trinajstić information content (AvgIpc) is 2.99. The average molecular weight is 454 g/mol. The molecule has 1 saturated heterocycles. The van der Waals surface area contributed by atoms with E-state index in [1.807, 2.05) is 7.05 Å². The van der Waals surface area contributed by atoms with Crippen molar-refractivity contribution in [3.63, 3.8) is 0 Å². The van der Waals surface area contributed by atoms with Crippen molar-refractivity contribution in [3.8, 4) is 0 Å². The van der Waals surface area contributed by atoms with Gasteiger partial charge in [-0.15, -0.1) is 24.0 Å². The molecular formula is C17H35IN4S. The van der Waals surface area contributed by atoms with Crippen molar-refractivity contribution in [3.05, 3.63) is 0 Å². The van der Waals surface area contributed by atoms with Gasteiger partial charge in [-0.1, -0.05) is 20.3 Å². The molecule has 0 aromatic rings. The van der Waals surface area contributed by atoms with Crippen molar-refractivity contribution in [1.29, 1.82) is 0 Å². The second kappa shape index (κ2) is 11.8. The molecule has 0 bridgehead atoms. The fourth-order valence-electron chi connectivity index (χ4n) is 3.77. The van der Waals surface area contributed by atoms with Crippen LogP contribution in [0.2, 0.25) is 0 Å². The monoisotopic (exact) mass is 454 g/mol. The molecule has 0 spiro atoms. The number of rotatable bonds is 6. The highest BCUT2D eigenvalue weighted by atomic mass is 127. The Labute approximate surface area is 164 Å². The summed E-state index contributed by atoms with van der Waals surface area (Å²) < 4.78 is 0. The van der Waals surface area contributed by atoms with Crippen molar-refractivity contribution < 1.29 is 0 Å². The first kappa shape index (κ1) is 21.4. The Bertz CT molecular complexity index is 353. The van der Waals surface area contributed by atoms with E-state index >= 15 is 0 Å². The first-order chi connectivity index (χ1) is 10.8. The van der Waals surface area contributed by atoms with E-state index in [1.54, 1.807) is 0 Å². The second-order valence-electron chi connectivity index (χ2n) is 6.46. The SMILES string of the molecule is CCSC1CCC(NC(=NC)NCC2CCCCN2CC)C1.I. The minimum Gasteiger partial charge on any atom is -0.355 e. The molecular weight excluding hydrogens is 419 g/mol. The third-order valence-electron chi connectivity index (χ3n) is 5.01. The highest BCUT2D eigenvalue weighted by Crippen LogP contribution is 2.29. The summed E-state index contributed by atoms with van der Waals surface area (Å²) in [7, 11) is 1.89. The Hall–Kier alpha value is 0.310. The molecule has 23 heavy (non-hydrogen) atoms. The number of halogens is 1. The lowest BCUT2D eigenvalue weighted by Gasteiger charge is -2.35. The maximum atomic E-state index is 4.43. The van der Waals surface area contributed by atoms with Gasteiger partial charge in [-0.05, 0) is 50.9 Å². The van der Waals surface area contributed by atoms with Gasteiger partial charge in [0.2, 0.25) is 0 Å². The lowest BCUT2D eigenvalue weighted by molar-refractivity contribution is 0.157. The van der Waals surface area contributed by atoms with Crippen LogP contribution in [0, 0.1) is 0 Å². The minimum atomic E-state index is 0. The molecule has 2 fully saturated rings. The summed E-state index contributed by atoms with van der Waals surface area (Å²) in [6, 6.07) is 1.27. The third kappa shape index (κ3) is 6.98. The molecule has 1 aliphatic carbocycles. The quantitative estimate of drug-likeness (QED) is 0.367. The highest BCUT2D eigenvalue weighted by Gasteiger charge is 2.26. The minimum absolute atomic E-state index is 0. The smallest absolute Gasteiger partial charge is 0.191 e. The second-order valence-corrected chi connectivity index (χ2v) is 8.04. The summed E-state index contributed by atoms with van der Waals surface area (Å²) in [5.74, 6) is 2.23. The number of hydrogen-bond acceptors (Lipinski definition) is 3. The zero-order valence-corrected chi connectivity index (χ0v) is 18.2. The number of aliphatic imine (C=N–C) groups is 1. The van der Waals surface area contributed by atoms with Gasteiger partial charge in [-0.3, -0.25) is 9.89 Å². The summed E-state index contributed by atoms with van der Waals surface area (Å²) in [4.78, 5) is 7.03. The number of nitrogens with one attached hydrogen (secondary N) is 2. The molecule has 0 radical (unpaired) electrons. The molecule has 3 unspecified atom stereocenters. The van der Waals surface area contributed by atoms with Crippen LogP contribution in [-0.2, 0) is 0 Å². The number of hydrogen-bond donors (Lipinski definition) is 2. The number of nitrogens with zero attached hydrogens (tertiary/aromatic N) is 2. The van der Waals surface area contributed by atoms with Crippen LogP contribution in [-0.4, -0.2) is 60.6 Å². The molecule has 1 saturated carbocycles. The van der Waals surface area contributed by atoms with Crippen LogP contribution in [0.1, 0.15) is 52.4 Å².